The average Bonchev–Trinajstić information content (AvgIpc) is 2.17. The van der Waals surface area contributed by atoms with E-state index in [1.807, 2.05) is 6.92 Å². The molecule has 1 aliphatic carbocycles. The first-order valence-electron chi connectivity index (χ1n) is 2.81. The van der Waals surface area contributed by atoms with Gasteiger partial charge in [-0.3, -0.25) is 4.79 Å². The minimum absolute atomic E-state index is 0. The Morgan fingerprint density at radius 2 is 2.11 bits per heavy atom. The van der Waals surface area contributed by atoms with E-state index in [0.717, 1.165) is 6.42 Å². The first-order valence-corrected chi connectivity index (χ1v) is 2.81. The molecule has 0 aliphatic heterocycles. The summed E-state index contributed by atoms with van der Waals surface area (Å²) < 4.78 is 0. The first kappa shape index (κ1) is 8.76. The van der Waals surface area contributed by atoms with E-state index in [9.17, 15) is 4.79 Å². The molecule has 1 aliphatic rings. The molecule has 1 rings (SSSR count). The van der Waals surface area contributed by atoms with Crippen LogP contribution in [0.1, 0.15) is 20.3 Å². The van der Waals surface area contributed by atoms with Crippen molar-refractivity contribution in [3.05, 3.63) is 0 Å². The maximum atomic E-state index is 10.3. The molecule has 0 radical (unpaired) electrons. The van der Waals surface area contributed by atoms with Gasteiger partial charge in [-0.2, -0.15) is 0 Å². The van der Waals surface area contributed by atoms with Crippen LogP contribution in [0.5, 0.6) is 0 Å². The molecule has 2 nitrogen and oxygen atoms in total. The molecule has 0 saturated heterocycles. The third-order valence-electron chi connectivity index (χ3n) is 2.15. The van der Waals surface area contributed by atoms with Crippen molar-refractivity contribution in [2.45, 2.75) is 20.3 Å². The normalized spacial score (nSPS) is 39.1. The maximum Gasteiger partial charge on any atom is 0.309 e. The molecule has 0 amide bonds. The van der Waals surface area contributed by atoms with Gasteiger partial charge in [0.15, 0.2) is 0 Å². The highest BCUT2D eigenvalue weighted by molar-refractivity contribution is 5.85. The van der Waals surface area contributed by atoms with Crippen LogP contribution in [-0.4, -0.2) is 11.1 Å². The van der Waals surface area contributed by atoms with E-state index in [2.05, 4.69) is 0 Å². The number of hydrogen-bond acceptors (Lipinski definition) is 1. The van der Waals surface area contributed by atoms with Gasteiger partial charge in [-0.05, 0) is 19.3 Å². The molecule has 1 fully saturated rings. The number of aliphatic carboxylic acids is 1. The van der Waals surface area contributed by atoms with E-state index >= 15 is 0 Å². The lowest BCUT2D eigenvalue weighted by molar-refractivity contribution is -0.143. The lowest BCUT2D eigenvalue weighted by atomic mass is 10.1. The van der Waals surface area contributed by atoms with Crippen molar-refractivity contribution >= 4 is 18.4 Å². The maximum absolute atomic E-state index is 10.3. The monoisotopic (exact) mass is 150 g/mol. The number of rotatable bonds is 1. The fourth-order valence-electron chi connectivity index (χ4n) is 0.875. The number of hydrogen-bond donors (Lipinski definition) is 1. The third-order valence-corrected chi connectivity index (χ3v) is 2.15. The highest BCUT2D eigenvalue weighted by Gasteiger charge is 2.53. The van der Waals surface area contributed by atoms with Gasteiger partial charge in [-0.15, -0.1) is 12.4 Å². The number of halogens is 1. The molecule has 1 N–H and O–H groups in total. The summed E-state index contributed by atoms with van der Waals surface area (Å²) in [6.07, 6.45) is 0.850. The standard InChI is InChI=1S/C6H10O2.ClH/c1-4-3-6(4,2)5(7)8;/h4H,3H2,1-2H3,(H,7,8);1H. The van der Waals surface area contributed by atoms with Crippen molar-refractivity contribution in [1.29, 1.82) is 0 Å². The number of carbonyl (C=O) groups is 1. The highest BCUT2D eigenvalue weighted by Crippen LogP contribution is 2.51. The van der Waals surface area contributed by atoms with Gasteiger partial charge in [-0.25, -0.2) is 0 Å². The Hall–Kier alpha value is -0.240. The van der Waals surface area contributed by atoms with Gasteiger partial charge in [0.1, 0.15) is 0 Å². The zero-order valence-electron chi connectivity index (χ0n) is 5.55. The van der Waals surface area contributed by atoms with Crippen molar-refractivity contribution in [3.63, 3.8) is 0 Å². The summed E-state index contributed by atoms with van der Waals surface area (Å²) in [4.78, 5) is 10.3. The van der Waals surface area contributed by atoms with Crippen LogP contribution < -0.4 is 0 Å². The predicted octanol–water partition coefficient (Wildman–Crippen LogP) is 1.54. The van der Waals surface area contributed by atoms with Gasteiger partial charge in [0.25, 0.3) is 0 Å². The largest absolute Gasteiger partial charge is 0.481 e. The molecule has 2 unspecified atom stereocenters. The second-order valence-electron chi connectivity index (χ2n) is 2.83. The van der Waals surface area contributed by atoms with Crippen LogP contribution in [-0.2, 0) is 4.79 Å². The van der Waals surface area contributed by atoms with E-state index in [0.29, 0.717) is 5.92 Å². The molecule has 1 saturated carbocycles. The second-order valence-corrected chi connectivity index (χ2v) is 2.83. The van der Waals surface area contributed by atoms with Crippen LogP contribution >= 0.6 is 12.4 Å². The van der Waals surface area contributed by atoms with Crippen molar-refractivity contribution in [2.75, 3.05) is 0 Å². The predicted molar refractivity (Wildman–Crippen MR) is 36.8 cm³/mol. The molecular weight excluding hydrogens is 140 g/mol. The van der Waals surface area contributed by atoms with Gasteiger partial charge >= 0.3 is 5.97 Å². The van der Waals surface area contributed by atoms with Crippen LogP contribution in [0.3, 0.4) is 0 Å². The SMILES string of the molecule is CC1CC1(C)C(=O)O.Cl. The average molecular weight is 151 g/mol. The summed E-state index contributed by atoms with van der Waals surface area (Å²) in [7, 11) is 0. The fourth-order valence-corrected chi connectivity index (χ4v) is 0.875. The Kier molecular flexibility index (Phi) is 2.12. The molecule has 0 bridgehead atoms. The van der Waals surface area contributed by atoms with E-state index in [1.165, 1.54) is 0 Å². The second kappa shape index (κ2) is 2.18. The summed E-state index contributed by atoms with van der Waals surface area (Å²) in [5.74, 6) is -0.259. The Labute approximate surface area is 60.7 Å². The van der Waals surface area contributed by atoms with E-state index in [-0.39, 0.29) is 17.8 Å². The van der Waals surface area contributed by atoms with Crippen LogP contribution in [0.25, 0.3) is 0 Å². The molecule has 9 heavy (non-hydrogen) atoms. The smallest absolute Gasteiger partial charge is 0.309 e. The van der Waals surface area contributed by atoms with E-state index < -0.39 is 5.97 Å². The number of carboxylic acids is 1. The molecule has 0 aromatic heterocycles. The zero-order chi connectivity index (χ0) is 6.36. The van der Waals surface area contributed by atoms with Crippen LogP contribution in [0.4, 0.5) is 0 Å². The van der Waals surface area contributed by atoms with Crippen molar-refractivity contribution in [2.24, 2.45) is 11.3 Å². The van der Waals surface area contributed by atoms with Crippen LogP contribution in [0.15, 0.2) is 0 Å². The molecule has 3 heteroatoms. The first-order chi connectivity index (χ1) is 3.57. The lowest BCUT2D eigenvalue weighted by Gasteiger charge is -1.98. The summed E-state index contributed by atoms with van der Waals surface area (Å²) in [5.41, 5.74) is -0.375. The quantitative estimate of drug-likeness (QED) is 0.616. The Morgan fingerprint density at radius 1 is 1.78 bits per heavy atom. The Morgan fingerprint density at radius 3 is 2.11 bits per heavy atom. The van der Waals surface area contributed by atoms with Crippen LogP contribution in [0.2, 0.25) is 0 Å². The van der Waals surface area contributed by atoms with E-state index in [1.54, 1.807) is 6.92 Å². The highest BCUT2D eigenvalue weighted by atomic mass is 35.5. The summed E-state index contributed by atoms with van der Waals surface area (Å²) >= 11 is 0. The lowest BCUT2D eigenvalue weighted by Crippen LogP contribution is -2.11. The van der Waals surface area contributed by atoms with Crippen molar-refractivity contribution < 1.29 is 9.90 Å². The third kappa shape index (κ3) is 1.18. The molecular formula is C6H11ClO2. The summed E-state index contributed by atoms with van der Waals surface area (Å²) in [6, 6.07) is 0. The van der Waals surface area contributed by atoms with Gasteiger partial charge in [0.2, 0.25) is 0 Å². The minimum Gasteiger partial charge on any atom is -0.481 e. The molecule has 54 valence electrons. The van der Waals surface area contributed by atoms with Crippen molar-refractivity contribution in [3.8, 4) is 0 Å². The fraction of sp³-hybridized carbons (Fsp3) is 0.833. The Balaban J connectivity index is 0.000000640. The van der Waals surface area contributed by atoms with E-state index in [4.69, 9.17) is 5.11 Å². The zero-order valence-corrected chi connectivity index (χ0v) is 6.36. The van der Waals surface area contributed by atoms with Gasteiger partial charge in [0, 0.05) is 0 Å². The molecule has 2 atom stereocenters. The van der Waals surface area contributed by atoms with Gasteiger partial charge < -0.3 is 5.11 Å². The van der Waals surface area contributed by atoms with Crippen molar-refractivity contribution in [1.82, 2.24) is 0 Å². The molecule has 0 spiro atoms. The summed E-state index contributed by atoms with van der Waals surface area (Å²) in [5, 5.41) is 8.48. The topological polar surface area (TPSA) is 37.3 Å². The summed E-state index contributed by atoms with van der Waals surface area (Å²) in [6.45, 7) is 3.76. The van der Waals surface area contributed by atoms with Gasteiger partial charge in [0.05, 0.1) is 5.41 Å². The van der Waals surface area contributed by atoms with Crippen LogP contribution in [0, 0.1) is 11.3 Å². The molecule has 0 heterocycles. The minimum atomic E-state index is -0.648. The number of carboxylic acid groups (broad SMARTS) is 1. The molecule has 0 aromatic rings. The van der Waals surface area contributed by atoms with Gasteiger partial charge in [-0.1, -0.05) is 6.92 Å². The molecule has 0 aromatic carbocycles. The Bertz CT molecular complexity index is 135.